The van der Waals surface area contributed by atoms with E-state index in [0.29, 0.717) is 31.3 Å². The molecule has 0 bridgehead atoms. The number of rotatable bonds is 7. The molecule has 178 valence electrons. The van der Waals surface area contributed by atoms with E-state index in [4.69, 9.17) is 9.84 Å². The molecule has 1 aliphatic heterocycles. The summed E-state index contributed by atoms with van der Waals surface area (Å²) in [6, 6.07) is 10.3. The Morgan fingerprint density at radius 1 is 1.21 bits per heavy atom. The Labute approximate surface area is 196 Å². The van der Waals surface area contributed by atoms with Crippen LogP contribution in [0.2, 0.25) is 0 Å². The van der Waals surface area contributed by atoms with Gasteiger partial charge in [-0.15, -0.1) is 0 Å². The molecule has 2 aromatic rings. The first-order chi connectivity index (χ1) is 15.8. The lowest BCUT2D eigenvalue weighted by molar-refractivity contribution is -0.134. The van der Waals surface area contributed by atoms with Crippen molar-refractivity contribution in [3.63, 3.8) is 0 Å². The molecular weight excluding hydrogens is 416 g/mol. The maximum atomic E-state index is 13.6. The van der Waals surface area contributed by atoms with E-state index >= 15 is 0 Å². The molecule has 1 aliphatic carbocycles. The van der Waals surface area contributed by atoms with Gasteiger partial charge in [0.25, 0.3) is 5.91 Å². The van der Waals surface area contributed by atoms with E-state index in [-0.39, 0.29) is 17.9 Å². The van der Waals surface area contributed by atoms with Crippen LogP contribution < -0.4 is 5.32 Å². The number of amides is 2. The van der Waals surface area contributed by atoms with E-state index in [1.54, 1.807) is 16.7 Å². The predicted molar refractivity (Wildman–Crippen MR) is 128 cm³/mol. The number of nitrogens with one attached hydrogen (secondary N) is 1. The summed E-state index contributed by atoms with van der Waals surface area (Å²) in [4.78, 5) is 28.7. The largest absolute Gasteiger partial charge is 0.383 e. The van der Waals surface area contributed by atoms with Crippen LogP contribution in [0.1, 0.15) is 74.8 Å². The molecule has 7 nitrogen and oxygen atoms in total. The average molecular weight is 453 g/mol. The van der Waals surface area contributed by atoms with Gasteiger partial charge in [-0.05, 0) is 37.3 Å². The molecule has 0 radical (unpaired) electrons. The van der Waals surface area contributed by atoms with Crippen LogP contribution in [-0.4, -0.2) is 58.3 Å². The zero-order chi connectivity index (χ0) is 23.6. The number of ether oxygens (including phenoxy) is 1. The molecule has 33 heavy (non-hydrogen) atoms. The van der Waals surface area contributed by atoms with Crippen molar-refractivity contribution in [3.05, 3.63) is 41.6 Å². The third-order valence-corrected chi connectivity index (χ3v) is 7.12. The van der Waals surface area contributed by atoms with E-state index in [1.807, 2.05) is 25.1 Å². The SMILES string of the molecule is COCCN1C(=O)c2cc(-c3ccc(C(C)C)cc3)nn2CC1(C)C(=O)NC1CCCCC1. The molecule has 0 spiro atoms. The third kappa shape index (κ3) is 4.69. The summed E-state index contributed by atoms with van der Waals surface area (Å²) in [7, 11) is 1.61. The highest BCUT2D eigenvalue weighted by Crippen LogP contribution is 2.31. The smallest absolute Gasteiger partial charge is 0.273 e. The third-order valence-electron chi connectivity index (χ3n) is 7.12. The quantitative estimate of drug-likeness (QED) is 0.689. The Balaban J connectivity index is 1.63. The molecule has 2 aliphatic rings. The maximum absolute atomic E-state index is 13.6. The summed E-state index contributed by atoms with van der Waals surface area (Å²) in [6.07, 6.45) is 5.49. The monoisotopic (exact) mass is 452 g/mol. The maximum Gasteiger partial charge on any atom is 0.273 e. The summed E-state index contributed by atoms with van der Waals surface area (Å²) in [5.74, 6) is 0.161. The predicted octanol–water partition coefficient (Wildman–Crippen LogP) is 3.98. The summed E-state index contributed by atoms with van der Waals surface area (Å²) < 4.78 is 6.97. The minimum absolute atomic E-state index is 0.108. The van der Waals surface area contributed by atoms with Crippen molar-refractivity contribution in [3.8, 4) is 11.3 Å². The van der Waals surface area contributed by atoms with Crippen LogP contribution in [0, 0.1) is 0 Å². The standard InChI is InChI=1S/C26H36N4O3/c1-18(2)19-10-12-20(13-11-19)22-16-23-24(31)29(14-15-33-4)26(3,17-30(23)28-22)25(32)27-21-8-6-5-7-9-21/h10-13,16,18,21H,5-9,14-15,17H2,1-4H3,(H,27,32). The fourth-order valence-corrected chi connectivity index (χ4v) is 4.94. The van der Waals surface area contributed by atoms with Crippen molar-refractivity contribution in [1.82, 2.24) is 20.0 Å². The number of carbonyl (C=O) groups excluding carboxylic acids is 2. The number of carbonyl (C=O) groups is 2. The normalized spacial score (nSPS) is 21.4. The number of methoxy groups -OCH3 is 1. The first kappa shape index (κ1) is 23.5. The molecule has 1 N–H and O–H groups in total. The average Bonchev–Trinajstić information content (AvgIpc) is 3.23. The van der Waals surface area contributed by atoms with E-state index in [9.17, 15) is 9.59 Å². The Morgan fingerprint density at radius 2 is 1.91 bits per heavy atom. The van der Waals surface area contributed by atoms with Gasteiger partial charge in [0.2, 0.25) is 5.91 Å². The van der Waals surface area contributed by atoms with Crippen molar-refractivity contribution in [2.75, 3.05) is 20.3 Å². The van der Waals surface area contributed by atoms with Crippen LogP contribution in [0.25, 0.3) is 11.3 Å². The van der Waals surface area contributed by atoms with Crippen molar-refractivity contribution >= 4 is 11.8 Å². The van der Waals surface area contributed by atoms with E-state index in [0.717, 1.165) is 36.9 Å². The highest BCUT2D eigenvalue weighted by Gasteiger charge is 2.48. The first-order valence-corrected chi connectivity index (χ1v) is 12.1. The summed E-state index contributed by atoms with van der Waals surface area (Å²) in [6.45, 7) is 7.22. The minimum Gasteiger partial charge on any atom is -0.383 e. The number of nitrogens with zero attached hydrogens (tertiary/aromatic N) is 3. The number of hydrogen-bond donors (Lipinski definition) is 1. The van der Waals surface area contributed by atoms with Crippen molar-refractivity contribution in [1.29, 1.82) is 0 Å². The van der Waals surface area contributed by atoms with Gasteiger partial charge in [-0.3, -0.25) is 14.3 Å². The zero-order valence-corrected chi connectivity index (χ0v) is 20.3. The summed E-state index contributed by atoms with van der Waals surface area (Å²) in [5, 5.41) is 7.97. The Hall–Kier alpha value is -2.67. The number of aromatic nitrogens is 2. The Bertz CT molecular complexity index is 991. The molecule has 1 fully saturated rings. The molecule has 1 aromatic heterocycles. The van der Waals surface area contributed by atoms with Crippen LogP contribution in [0.4, 0.5) is 0 Å². The van der Waals surface area contributed by atoms with E-state index in [1.165, 1.54) is 12.0 Å². The van der Waals surface area contributed by atoms with Gasteiger partial charge in [0.05, 0.1) is 18.8 Å². The van der Waals surface area contributed by atoms with Crippen molar-refractivity contribution in [2.45, 2.75) is 76.9 Å². The molecule has 4 rings (SSSR count). The fourth-order valence-electron chi connectivity index (χ4n) is 4.94. The van der Waals surface area contributed by atoms with Gasteiger partial charge in [0.15, 0.2) is 0 Å². The molecule has 2 amide bonds. The van der Waals surface area contributed by atoms with Crippen LogP contribution in [0.15, 0.2) is 30.3 Å². The molecule has 1 atom stereocenters. The minimum atomic E-state index is -1.02. The Kier molecular flexibility index (Phi) is 6.88. The number of benzene rings is 1. The van der Waals surface area contributed by atoms with Gasteiger partial charge >= 0.3 is 0 Å². The molecular formula is C26H36N4O3. The molecule has 7 heteroatoms. The molecule has 0 saturated heterocycles. The Morgan fingerprint density at radius 3 is 2.55 bits per heavy atom. The number of hydrogen-bond acceptors (Lipinski definition) is 4. The fraction of sp³-hybridized carbons (Fsp3) is 0.577. The van der Waals surface area contributed by atoms with Gasteiger partial charge in [-0.1, -0.05) is 57.4 Å². The van der Waals surface area contributed by atoms with Gasteiger partial charge in [0, 0.05) is 25.3 Å². The first-order valence-electron chi connectivity index (χ1n) is 12.1. The molecule has 1 aromatic carbocycles. The van der Waals surface area contributed by atoms with Gasteiger partial charge < -0.3 is 15.0 Å². The summed E-state index contributed by atoms with van der Waals surface area (Å²) in [5.41, 5.74) is 2.46. The lowest BCUT2D eigenvalue weighted by Gasteiger charge is -2.44. The molecule has 2 heterocycles. The molecule has 1 saturated carbocycles. The topological polar surface area (TPSA) is 76.5 Å². The van der Waals surface area contributed by atoms with Crippen molar-refractivity contribution < 1.29 is 14.3 Å². The lowest BCUT2D eigenvalue weighted by Crippen LogP contribution is -2.65. The van der Waals surface area contributed by atoms with E-state index in [2.05, 4.69) is 31.3 Å². The van der Waals surface area contributed by atoms with Crippen LogP contribution in [0.3, 0.4) is 0 Å². The van der Waals surface area contributed by atoms with Crippen LogP contribution >= 0.6 is 0 Å². The second-order valence-electron chi connectivity index (χ2n) is 9.88. The zero-order valence-electron chi connectivity index (χ0n) is 20.3. The van der Waals surface area contributed by atoms with Gasteiger partial charge in [0.1, 0.15) is 11.2 Å². The second-order valence-corrected chi connectivity index (χ2v) is 9.88. The second kappa shape index (κ2) is 9.67. The van der Waals surface area contributed by atoms with Crippen LogP contribution in [-0.2, 0) is 16.1 Å². The highest BCUT2D eigenvalue weighted by atomic mass is 16.5. The highest BCUT2D eigenvalue weighted by molar-refractivity contribution is 6.00. The summed E-state index contributed by atoms with van der Waals surface area (Å²) >= 11 is 0. The number of fused-ring (bicyclic) bond motifs is 1. The molecule has 1 unspecified atom stereocenters. The van der Waals surface area contributed by atoms with Crippen LogP contribution in [0.5, 0.6) is 0 Å². The van der Waals surface area contributed by atoms with E-state index < -0.39 is 5.54 Å². The van der Waals surface area contributed by atoms with Gasteiger partial charge in [-0.25, -0.2) is 0 Å². The van der Waals surface area contributed by atoms with Gasteiger partial charge in [-0.2, -0.15) is 5.10 Å². The lowest BCUT2D eigenvalue weighted by atomic mass is 9.91. The van der Waals surface area contributed by atoms with Crippen molar-refractivity contribution in [2.24, 2.45) is 0 Å².